The van der Waals surface area contributed by atoms with Gasteiger partial charge in [-0.2, -0.15) is 13.2 Å². The number of carbonyl (C=O) groups excluding carboxylic acids is 1. The first-order valence-electron chi connectivity index (χ1n) is 10.9. The first-order valence-corrected chi connectivity index (χ1v) is 12.3. The molecule has 0 aliphatic heterocycles. The highest BCUT2D eigenvalue weighted by Crippen LogP contribution is 2.34. The Morgan fingerprint density at radius 1 is 1.14 bits per heavy atom. The zero-order chi connectivity index (χ0) is 26.5. The van der Waals surface area contributed by atoms with E-state index in [1.54, 1.807) is 10.6 Å². The molecule has 0 radical (unpaired) electrons. The van der Waals surface area contributed by atoms with Gasteiger partial charge in [-0.3, -0.25) is 9.36 Å². The molecule has 0 saturated heterocycles. The Kier molecular flexibility index (Phi) is 8.73. The summed E-state index contributed by atoms with van der Waals surface area (Å²) in [5, 5.41) is 11.2. The summed E-state index contributed by atoms with van der Waals surface area (Å²) in [6, 6.07) is 10.6. The molecule has 2 aromatic carbocycles. The van der Waals surface area contributed by atoms with Gasteiger partial charge in [0.05, 0.1) is 22.0 Å². The minimum atomic E-state index is -4.55. The number of carbonyl (C=O) groups is 1. The fourth-order valence-corrected chi connectivity index (χ4v) is 4.09. The van der Waals surface area contributed by atoms with Crippen molar-refractivity contribution >= 4 is 35.0 Å². The summed E-state index contributed by atoms with van der Waals surface area (Å²) >= 11 is 7.04. The molecule has 1 aromatic heterocycles. The molecule has 0 atom stereocenters. The Bertz CT molecular complexity index is 1220. The number of thioether (sulfide) groups is 1. The van der Waals surface area contributed by atoms with E-state index in [9.17, 15) is 18.0 Å². The number of benzene rings is 2. The molecule has 0 unspecified atom stereocenters. The van der Waals surface area contributed by atoms with Crippen molar-refractivity contribution in [2.75, 3.05) is 11.1 Å². The van der Waals surface area contributed by atoms with Crippen LogP contribution in [0.2, 0.25) is 5.02 Å². The van der Waals surface area contributed by atoms with Crippen molar-refractivity contribution in [2.45, 2.75) is 50.7 Å². The van der Waals surface area contributed by atoms with Gasteiger partial charge in [0, 0.05) is 6.54 Å². The number of ether oxygens (including phenoxy) is 1. The summed E-state index contributed by atoms with van der Waals surface area (Å²) in [6.07, 6.45) is -2.88. The molecule has 3 rings (SSSR count). The number of nitrogens with one attached hydrogen (secondary N) is 1. The van der Waals surface area contributed by atoms with Gasteiger partial charge >= 0.3 is 6.18 Å². The number of alkyl halides is 3. The van der Waals surface area contributed by atoms with Gasteiger partial charge in [-0.05, 0) is 41.3 Å². The predicted octanol–water partition coefficient (Wildman–Crippen LogP) is 6.74. The van der Waals surface area contributed by atoms with Crippen molar-refractivity contribution in [1.29, 1.82) is 0 Å². The highest BCUT2D eigenvalue weighted by Gasteiger charge is 2.31. The third-order valence-corrected chi connectivity index (χ3v) is 6.39. The molecule has 6 nitrogen and oxygen atoms in total. The molecule has 1 amide bonds. The molecule has 36 heavy (non-hydrogen) atoms. The van der Waals surface area contributed by atoms with Crippen LogP contribution in [0.4, 0.5) is 18.9 Å². The number of hydrogen-bond donors (Lipinski definition) is 1. The Morgan fingerprint density at radius 2 is 1.81 bits per heavy atom. The average Bonchev–Trinajstić information content (AvgIpc) is 3.18. The van der Waals surface area contributed by atoms with Crippen molar-refractivity contribution in [1.82, 2.24) is 14.8 Å². The summed E-state index contributed by atoms with van der Waals surface area (Å²) in [5.74, 6) is 0.573. The lowest BCUT2D eigenvalue weighted by Crippen LogP contribution is -2.16. The Hall–Kier alpha value is -2.98. The van der Waals surface area contributed by atoms with Gasteiger partial charge in [-0.15, -0.1) is 16.8 Å². The van der Waals surface area contributed by atoms with Crippen molar-refractivity contribution in [2.24, 2.45) is 0 Å². The van der Waals surface area contributed by atoms with Gasteiger partial charge < -0.3 is 10.1 Å². The van der Waals surface area contributed by atoms with Gasteiger partial charge in [-0.1, -0.05) is 62.3 Å². The third kappa shape index (κ3) is 7.27. The summed E-state index contributed by atoms with van der Waals surface area (Å²) in [7, 11) is 0. The minimum Gasteiger partial charge on any atom is -0.486 e. The number of amides is 1. The smallest absolute Gasteiger partial charge is 0.416 e. The van der Waals surface area contributed by atoms with Gasteiger partial charge in [0.2, 0.25) is 5.91 Å². The van der Waals surface area contributed by atoms with E-state index in [4.69, 9.17) is 16.3 Å². The second kappa shape index (κ2) is 11.4. The maximum Gasteiger partial charge on any atom is 0.416 e. The van der Waals surface area contributed by atoms with Crippen LogP contribution in [-0.2, 0) is 29.5 Å². The maximum atomic E-state index is 13.0. The quantitative estimate of drug-likeness (QED) is 0.241. The van der Waals surface area contributed by atoms with Crippen LogP contribution in [0.25, 0.3) is 0 Å². The van der Waals surface area contributed by atoms with Crippen LogP contribution in [-0.4, -0.2) is 26.4 Å². The molecule has 0 bridgehead atoms. The summed E-state index contributed by atoms with van der Waals surface area (Å²) in [5.41, 5.74) is 0.204. The Balaban J connectivity index is 1.64. The van der Waals surface area contributed by atoms with Crippen molar-refractivity contribution in [3.8, 4) is 5.75 Å². The number of aromatic nitrogens is 3. The largest absolute Gasteiger partial charge is 0.486 e. The van der Waals surface area contributed by atoms with E-state index in [1.165, 1.54) is 5.56 Å². The molecule has 0 aliphatic rings. The highest BCUT2D eigenvalue weighted by molar-refractivity contribution is 7.99. The number of nitrogens with zero attached hydrogens (tertiary/aromatic N) is 3. The van der Waals surface area contributed by atoms with E-state index in [1.807, 2.05) is 24.3 Å². The van der Waals surface area contributed by atoms with Gasteiger partial charge in [0.1, 0.15) is 12.4 Å². The number of hydrogen-bond acceptors (Lipinski definition) is 5. The lowest BCUT2D eigenvalue weighted by Gasteiger charge is -2.19. The van der Waals surface area contributed by atoms with Crippen molar-refractivity contribution in [3.05, 3.63) is 77.1 Å². The van der Waals surface area contributed by atoms with E-state index in [0.29, 0.717) is 23.3 Å². The molecule has 0 fully saturated rings. The Morgan fingerprint density at radius 3 is 2.42 bits per heavy atom. The van der Waals surface area contributed by atoms with Gasteiger partial charge in [0.25, 0.3) is 0 Å². The standard InChI is InChI=1S/C25H26ClF3N4O2S/c1-5-12-33-21(14-35-18-9-6-16(7-10-18)24(2,3)4)31-32-23(33)36-15-22(34)30-20-13-17(25(27,28)29)8-11-19(20)26/h5-11,13H,1,12,14-15H2,2-4H3,(H,30,34). The summed E-state index contributed by atoms with van der Waals surface area (Å²) in [6.45, 7) is 10.7. The molecular formula is C25H26ClF3N4O2S. The average molecular weight is 539 g/mol. The topological polar surface area (TPSA) is 69.0 Å². The second-order valence-electron chi connectivity index (χ2n) is 8.89. The summed E-state index contributed by atoms with van der Waals surface area (Å²) < 4.78 is 46.5. The first kappa shape index (κ1) is 27.6. The van der Waals surface area contributed by atoms with Crippen LogP contribution in [0.1, 0.15) is 37.7 Å². The van der Waals surface area contributed by atoms with Crippen LogP contribution in [0.3, 0.4) is 0 Å². The Labute approximate surface area is 216 Å². The third-order valence-electron chi connectivity index (χ3n) is 5.09. The molecule has 0 saturated carbocycles. The molecule has 11 heteroatoms. The van der Waals surface area contributed by atoms with Gasteiger partial charge in [0.15, 0.2) is 11.0 Å². The molecule has 0 aliphatic carbocycles. The van der Waals surface area contributed by atoms with E-state index >= 15 is 0 Å². The molecule has 3 aromatic rings. The number of anilines is 1. The zero-order valence-corrected chi connectivity index (χ0v) is 21.6. The van der Waals surface area contributed by atoms with Crippen LogP contribution in [0.15, 0.2) is 60.3 Å². The van der Waals surface area contributed by atoms with Gasteiger partial charge in [-0.25, -0.2) is 0 Å². The zero-order valence-electron chi connectivity index (χ0n) is 20.0. The SMILES string of the molecule is C=CCn1c(COc2ccc(C(C)(C)C)cc2)nnc1SCC(=O)Nc1cc(C(F)(F)F)ccc1Cl. The van der Waals surface area contributed by atoms with Crippen LogP contribution < -0.4 is 10.1 Å². The number of rotatable bonds is 9. The van der Waals surface area contributed by atoms with Crippen molar-refractivity contribution < 1.29 is 22.7 Å². The number of allylic oxidation sites excluding steroid dienone is 1. The van der Waals surface area contributed by atoms with E-state index in [2.05, 4.69) is 42.9 Å². The molecule has 1 heterocycles. The van der Waals surface area contributed by atoms with Crippen molar-refractivity contribution in [3.63, 3.8) is 0 Å². The van der Waals surface area contributed by atoms with E-state index in [0.717, 1.165) is 30.0 Å². The fraction of sp³-hybridized carbons (Fsp3) is 0.320. The molecule has 0 spiro atoms. The number of halogens is 4. The highest BCUT2D eigenvalue weighted by atomic mass is 35.5. The summed E-state index contributed by atoms with van der Waals surface area (Å²) in [4.78, 5) is 12.4. The fourth-order valence-electron chi connectivity index (χ4n) is 3.16. The molecule has 192 valence electrons. The molecular weight excluding hydrogens is 513 g/mol. The predicted molar refractivity (Wildman–Crippen MR) is 136 cm³/mol. The van der Waals surface area contributed by atoms with Crippen LogP contribution in [0.5, 0.6) is 5.75 Å². The minimum absolute atomic E-state index is 0.00569. The van der Waals surface area contributed by atoms with E-state index < -0.39 is 17.6 Å². The molecule has 1 N–H and O–H groups in total. The normalized spacial score (nSPS) is 11.9. The maximum absolute atomic E-state index is 13.0. The van der Waals surface area contributed by atoms with E-state index in [-0.39, 0.29) is 28.5 Å². The first-order chi connectivity index (χ1) is 16.9. The van der Waals surface area contributed by atoms with Crippen LogP contribution >= 0.6 is 23.4 Å². The van der Waals surface area contributed by atoms with Crippen LogP contribution in [0, 0.1) is 0 Å². The monoisotopic (exact) mass is 538 g/mol. The lowest BCUT2D eigenvalue weighted by molar-refractivity contribution is -0.137. The lowest BCUT2D eigenvalue weighted by atomic mass is 9.87. The second-order valence-corrected chi connectivity index (χ2v) is 10.2.